The number of nitrogens with zero attached hydrogens (tertiary/aromatic N) is 3. The second-order valence-electron chi connectivity index (χ2n) is 8.54. The molecule has 0 aliphatic carbocycles. The minimum Gasteiger partial charge on any atom is -0.369 e. The fraction of sp³-hybridized carbons (Fsp3) is 0.296. The third-order valence-electron chi connectivity index (χ3n) is 6.30. The first kappa shape index (κ1) is 22.0. The fourth-order valence-electron chi connectivity index (χ4n) is 4.51. The molecule has 33 heavy (non-hydrogen) atoms. The van der Waals surface area contributed by atoms with Gasteiger partial charge in [-0.25, -0.2) is 0 Å². The molecule has 1 N–H and O–H groups in total. The third-order valence-corrected chi connectivity index (χ3v) is 6.53. The van der Waals surface area contributed by atoms with Crippen molar-refractivity contribution >= 4 is 28.1 Å². The van der Waals surface area contributed by atoms with Gasteiger partial charge in [-0.1, -0.05) is 65.3 Å². The molecule has 5 nitrogen and oxygen atoms in total. The standard InChI is InChI=1S/C27H29ClN4O/c28-22-8-4-9-23(18-22)32-16-14-31(15-17-32)13-5-12-29-20-24-19-27(30-33-24)26-11-3-7-21-6-1-2-10-25(21)26/h1-4,6-11,18-19,29H,5,12-17,20H2. The van der Waals surface area contributed by atoms with Gasteiger partial charge in [0.25, 0.3) is 0 Å². The summed E-state index contributed by atoms with van der Waals surface area (Å²) < 4.78 is 5.59. The summed E-state index contributed by atoms with van der Waals surface area (Å²) in [5, 5.41) is 11.0. The monoisotopic (exact) mass is 460 g/mol. The molecule has 0 spiro atoms. The van der Waals surface area contributed by atoms with E-state index in [4.69, 9.17) is 16.1 Å². The number of rotatable bonds is 8. The Balaban J connectivity index is 1.05. The Hall–Kier alpha value is -2.86. The van der Waals surface area contributed by atoms with Gasteiger partial charge < -0.3 is 14.7 Å². The van der Waals surface area contributed by atoms with E-state index in [0.29, 0.717) is 6.54 Å². The van der Waals surface area contributed by atoms with Gasteiger partial charge in [0.05, 0.1) is 6.54 Å². The summed E-state index contributed by atoms with van der Waals surface area (Å²) in [7, 11) is 0. The van der Waals surface area contributed by atoms with Gasteiger partial charge in [0.2, 0.25) is 0 Å². The van der Waals surface area contributed by atoms with E-state index in [0.717, 1.165) is 67.7 Å². The van der Waals surface area contributed by atoms with Crippen LogP contribution in [0.15, 0.2) is 77.3 Å². The summed E-state index contributed by atoms with van der Waals surface area (Å²) >= 11 is 6.14. The Labute approximate surface area is 199 Å². The van der Waals surface area contributed by atoms with Crippen molar-refractivity contribution in [1.82, 2.24) is 15.4 Å². The molecule has 1 aliphatic heterocycles. The zero-order valence-electron chi connectivity index (χ0n) is 18.7. The molecule has 1 saturated heterocycles. The summed E-state index contributed by atoms with van der Waals surface area (Å²) in [6.07, 6.45) is 1.11. The lowest BCUT2D eigenvalue weighted by atomic mass is 10.0. The van der Waals surface area contributed by atoms with Crippen LogP contribution in [0.4, 0.5) is 5.69 Å². The predicted molar refractivity (Wildman–Crippen MR) is 136 cm³/mol. The van der Waals surface area contributed by atoms with Crippen LogP contribution in [0.5, 0.6) is 0 Å². The number of piperazine rings is 1. The average molecular weight is 461 g/mol. The van der Waals surface area contributed by atoms with Crippen LogP contribution in [0.25, 0.3) is 22.0 Å². The second kappa shape index (κ2) is 10.4. The summed E-state index contributed by atoms with van der Waals surface area (Å²) in [5.41, 5.74) is 3.22. The van der Waals surface area contributed by atoms with E-state index in [1.54, 1.807) is 0 Å². The van der Waals surface area contributed by atoms with Gasteiger partial charge in [-0.05, 0) is 48.5 Å². The zero-order chi connectivity index (χ0) is 22.5. The second-order valence-corrected chi connectivity index (χ2v) is 8.98. The topological polar surface area (TPSA) is 44.5 Å². The molecule has 6 heteroatoms. The summed E-state index contributed by atoms with van der Waals surface area (Å²) in [5.74, 6) is 0.869. The van der Waals surface area contributed by atoms with Crippen molar-refractivity contribution in [2.45, 2.75) is 13.0 Å². The molecular formula is C27H29ClN4O. The Bertz CT molecular complexity index is 1190. The first-order valence-electron chi connectivity index (χ1n) is 11.6. The number of hydrogen-bond acceptors (Lipinski definition) is 5. The highest BCUT2D eigenvalue weighted by Gasteiger charge is 2.17. The maximum Gasteiger partial charge on any atom is 0.151 e. The molecule has 0 atom stereocenters. The number of nitrogens with one attached hydrogen (secondary N) is 1. The van der Waals surface area contributed by atoms with Gasteiger partial charge in [-0.15, -0.1) is 0 Å². The number of hydrogen-bond donors (Lipinski definition) is 1. The van der Waals surface area contributed by atoms with Crippen molar-refractivity contribution in [2.24, 2.45) is 0 Å². The Morgan fingerprint density at radius 3 is 2.61 bits per heavy atom. The van der Waals surface area contributed by atoms with Crippen molar-refractivity contribution in [3.8, 4) is 11.3 Å². The quantitative estimate of drug-likeness (QED) is 0.354. The van der Waals surface area contributed by atoms with Crippen LogP contribution in [0.2, 0.25) is 5.02 Å². The molecule has 170 valence electrons. The Morgan fingerprint density at radius 2 is 1.73 bits per heavy atom. The van der Waals surface area contributed by atoms with E-state index in [9.17, 15) is 0 Å². The van der Waals surface area contributed by atoms with Crippen LogP contribution in [-0.4, -0.2) is 49.3 Å². The van der Waals surface area contributed by atoms with Crippen molar-refractivity contribution in [3.63, 3.8) is 0 Å². The zero-order valence-corrected chi connectivity index (χ0v) is 19.5. The van der Waals surface area contributed by atoms with Crippen molar-refractivity contribution in [2.75, 3.05) is 44.2 Å². The number of fused-ring (bicyclic) bond motifs is 1. The SMILES string of the molecule is Clc1cccc(N2CCN(CCCNCc3cc(-c4cccc5ccccc45)no3)CC2)c1. The Kier molecular flexibility index (Phi) is 6.91. The van der Waals surface area contributed by atoms with Crippen LogP contribution in [0, 0.1) is 0 Å². The highest BCUT2D eigenvalue weighted by molar-refractivity contribution is 6.30. The normalized spacial score (nSPS) is 14.8. The lowest BCUT2D eigenvalue weighted by Crippen LogP contribution is -2.47. The fourth-order valence-corrected chi connectivity index (χ4v) is 4.70. The first-order valence-corrected chi connectivity index (χ1v) is 12.0. The molecule has 5 rings (SSSR count). The van der Waals surface area contributed by atoms with E-state index in [2.05, 4.69) is 74.9 Å². The maximum atomic E-state index is 6.14. The van der Waals surface area contributed by atoms with Crippen molar-refractivity contribution in [1.29, 1.82) is 0 Å². The first-order chi connectivity index (χ1) is 16.3. The van der Waals surface area contributed by atoms with Crippen LogP contribution >= 0.6 is 11.6 Å². The van der Waals surface area contributed by atoms with E-state index >= 15 is 0 Å². The smallest absolute Gasteiger partial charge is 0.151 e. The molecule has 3 aromatic carbocycles. The minimum atomic E-state index is 0.695. The van der Waals surface area contributed by atoms with Crippen LogP contribution in [0.1, 0.15) is 12.2 Å². The summed E-state index contributed by atoms with van der Waals surface area (Å²) in [4.78, 5) is 4.95. The molecule has 0 bridgehead atoms. The Morgan fingerprint density at radius 1 is 0.909 bits per heavy atom. The van der Waals surface area contributed by atoms with Crippen molar-refractivity contribution in [3.05, 3.63) is 83.6 Å². The number of anilines is 1. The largest absolute Gasteiger partial charge is 0.369 e. The number of benzene rings is 3. The highest BCUT2D eigenvalue weighted by atomic mass is 35.5. The van der Waals surface area contributed by atoms with Gasteiger partial charge in [-0.3, -0.25) is 4.90 Å². The molecule has 4 aromatic rings. The van der Waals surface area contributed by atoms with Gasteiger partial charge >= 0.3 is 0 Å². The lowest BCUT2D eigenvalue weighted by molar-refractivity contribution is 0.253. The summed E-state index contributed by atoms with van der Waals surface area (Å²) in [6, 6.07) is 24.9. The average Bonchev–Trinajstić information content (AvgIpc) is 3.32. The van der Waals surface area contributed by atoms with E-state index in [1.165, 1.54) is 16.5 Å². The molecular weight excluding hydrogens is 432 g/mol. The van der Waals surface area contributed by atoms with Gasteiger partial charge in [0, 0.05) is 48.5 Å². The van der Waals surface area contributed by atoms with Gasteiger partial charge in [-0.2, -0.15) is 0 Å². The number of aromatic nitrogens is 1. The lowest BCUT2D eigenvalue weighted by Gasteiger charge is -2.36. The van der Waals surface area contributed by atoms with E-state index < -0.39 is 0 Å². The van der Waals surface area contributed by atoms with Crippen LogP contribution in [-0.2, 0) is 6.54 Å². The van der Waals surface area contributed by atoms with Crippen LogP contribution < -0.4 is 10.2 Å². The van der Waals surface area contributed by atoms with Gasteiger partial charge in [0.15, 0.2) is 5.76 Å². The van der Waals surface area contributed by atoms with Gasteiger partial charge in [0.1, 0.15) is 5.69 Å². The molecule has 1 aliphatic rings. The maximum absolute atomic E-state index is 6.14. The molecule has 0 radical (unpaired) electrons. The molecule has 1 aromatic heterocycles. The molecule has 0 unspecified atom stereocenters. The predicted octanol–water partition coefficient (Wildman–Crippen LogP) is 5.45. The van der Waals surface area contributed by atoms with Crippen molar-refractivity contribution < 1.29 is 4.52 Å². The third kappa shape index (κ3) is 5.38. The highest BCUT2D eigenvalue weighted by Crippen LogP contribution is 2.28. The van der Waals surface area contributed by atoms with E-state index in [-0.39, 0.29) is 0 Å². The van der Waals surface area contributed by atoms with Crippen LogP contribution in [0.3, 0.4) is 0 Å². The summed E-state index contributed by atoms with van der Waals surface area (Å²) in [6.45, 7) is 7.02. The molecule has 2 heterocycles. The molecule has 0 amide bonds. The van der Waals surface area contributed by atoms with E-state index in [1.807, 2.05) is 18.2 Å². The number of halogens is 1. The molecule has 0 saturated carbocycles. The molecule has 1 fully saturated rings. The minimum absolute atomic E-state index is 0.695.